The van der Waals surface area contributed by atoms with E-state index in [1.165, 1.54) is 10.9 Å². The van der Waals surface area contributed by atoms with Gasteiger partial charge in [0.2, 0.25) is 5.95 Å². The number of fused-ring (bicyclic) bond motifs is 1. The SMILES string of the molecule is Nc1nc2c(ncn2C[C@@H](O)CCO)c(=O)[nH]1. The minimum absolute atomic E-state index is 0.000831. The van der Waals surface area contributed by atoms with Gasteiger partial charge in [-0.3, -0.25) is 9.78 Å². The molecule has 8 heteroatoms. The highest BCUT2D eigenvalue weighted by Crippen LogP contribution is 2.08. The van der Waals surface area contributed by atoms with E-state index in [0.29, 0.717) is 5.65 Å². The van der Waals surface area contributed by atoms with Crippen LogP contribution >= 0.6 is 0 Å². The first-order chi connectivity index (χ1) is 8.11. The highest BCUT2D eigenvalue weighted by atomic mass is 16.3. The smallest absolute Gasteiger partial charge is 0.280 e. The van der Waals surface area contributed by atoms with Gasteiger partial charge in [0.05, 0.1) is 19.0 Å². The van der Waals surface area contributed by atoms with Crippen molar-refractivity contribution in [2.24, 2.45) is 0 Å². The predicted octanol–water partition coefficient (Wildman–Crippen LogP) is -1.55. The van der Waals surface area contributed by atoms with Crippen LogP contribution in [0, 0.1) is 0 Å². The Morgan fingerprint density at radius 1 is 1.59 bits per heavy atom. The van der Waals surface area contributed by atoms with Crippen LogP contribution in [0.4, 0.5) is 5.95 Å². The summed E-state index contributed by atoms with van der Waals surface area (Å²) in [7, 11) is 0. The number of hydrogen-bond donors (Lipinski definition) is 4. The summed E-state index contributed by atoms with van der Waals surface area (Å²) < 4.78 is 1.53. The first-order valence-electron chi connectivity index (χ1n) is 5.11. The molecule has 0 saturated carbocycles. The number of nitrogen functional groups attached to an aromatic ring is 1. The topological polar surface area (TPSA) is 130 Å². The Morgan fingerprint density at radius 2 is 2.35 bits per heavy atom. The number of H-pyrrole nitrogens is 1. The lowest BCUT2D eigenvalue weighted by atomic mass is 10.2. The predicted molar refractivity (Wildman–Crippen MR) is 60.3 cm³/mol. The Hall–Kier alpha value is -1.93. The summed E-state index contributed by atoms with van der Waals surface area (Å²) in [6.07, 6.45) is 0.936. The maximum Gasteiger partial charge on any atom is 0.280 e. The Labute approximate surface area is 95.7 Å². The Balaban J connectivity index is 2.39. The molecular formula is C9H13N5O3. The number of rotatable bonds is 4. The molecule has 0 saturated heterocycles. The van der Waals surface area contributed by atoms with E-state index in [-0.39, 0.29) is 31.0 Å². The fourth-order valence-corrected chi connectivity index (χ4v) is 1.57. The minimum Gasteiger partial charge on any atom is -0.396 e. The van der Waals surface area contributed by atoms with Crippen molar-refractivity contribution in [2.45, 2.75) is 19.1 Å². The molecule has 8 nitrogen and oxygen atoms in total. The molecule has 0 aliphatic rings. The normalized spacial score (nSPS) is 13.1. The number of hydrogen-bond acceptors (Lipinski definition) is 6. The molecule has 0 aliphatic heterocycles. The molecule has 2 heterocycles. The molecule has 0 unspecified atom stereocenters. The number of nitrogens with one attached hydrogen (secondary N) is 1. The second kappa shape index (κ2) is 4.52. The molecule has 0 bridgehead atoms. The van der Waals surface area contributed by atoms with Gasteiger partial charge in [-0.15, -0.1) is 0 Å². The molecule has 1 atom stereocenters. The zero-order valence-corrected chi connectivity index (χ0v) is 9.00. The summed E-state index contributed by atoms with van der Waals surface area (Å²) >= 11 is 0. The number of aromatic nitrogens is 4. The molecule has 0 radical (unpaired) electrons. The van der Waals surface area contributed by atoms with Crippen molar-refractivity contribution >= 4 is 17.1 Å². The lowest BCUT2D eigenvalue weighted by Crippen LogP contribution is -2.18. The fraction of sp³-hybridized carbons (Fsp3) is 0.444. The summed E-state index contributed by atoms with van der Waals surface area (Å²) in [4.78, 5) is 21.7. The van der Waals surface area contributed by atoms with Gasteiger partial charge in [0.1, 0.15) is 0 Å². The largest absolute Gasteiger partial charge is 0.396 e. The second-order valence-electron chi connectivity index (χ2n) is 3.69. The molecular weight excluding hydrogens is 226 g/mol. The Morgan fingerprint density at radius 3 is 3.06 bits per heavy atom. The minimum atomic E-state index is -0.722. The third-order valence-corrected chi connectivity index (χ3v) is 2.36. The molecule has 5 N–H and O–H groups in total. The van der Waals surface area contributed by atoms with Crippen LogP contribution in [0.3, 0.4) is 0 Å². The van der Waals surface area contributed by atoms with Crippen molar-refractivity contribution in [3.8, 4) is 0 Å². The third-order valence-electron chi connectivity index (χ3n) is 2.36. The van der Waals surface area contributed by atoms with Crippen LogP contribution < -0.4 is 11.3 Å². The number of anilines is 1. The van der Waals surface area contributed by atoms with Crippen molar-refractivity contribution in [1.82, 2.24) is 19.5 Å². The molecule has 0 aromatic carbocycles. The molecule has 0 spiro atoms. The van der Waals surface area contributed by atoms with Crippen LogP contribution in [0.15, 0.2) is 11.1 Å². The average molecular weight is 239 g/mol. The van der Waals surface area contributed by atoms with E-state index in [0.717, 1.165) is 0 Å². The first kappa shape index (κ1) is 11.6. The summed E-state index contributed by atoms with van der Waals surface area (Å²) in [5.41, 5.74) is 5.52. The molecule has 2 aromatic rings. The zero-order chi connectivity index (χ0) is 12.4. The Kier molecular flexibility index (Phi) is 3.07. The fourth-order valence-electron chi connectivity index (χ4n) is 1.57. The van der Waals surface area contributed by atoms with Gasteiger partial charge in [-0.25, -0.2) is 4.98 Å². The van der Waals surface area contributed by atoms with Gasteiger partial charge in [-0.05, 0) is 6.42 Å². The number of aromatic amines is 1. The van der Waals surface area contributed by atoms with Gasteiger partial charge in [0.25, 0.3) is 5.56 Å². The van der Waals surface area contributed by atoms with E-state index in [9.17, 15) is 9.90 Å². The average Bonchev–Trinajstić information content (AvgIpc) is 2.62. The molecule has 0 amide bonds. The third kappa shape index (κ3) is 2.27. The van der Waals surface area contributed by atoms with Gasteiger partial charge in [0.15, 0.2) is 11.2 Å². The summed E-state index contributed by atoms with van der Waals surface area (Å²) in [5.74, 6) is 0.000831. The van der Waals surface area contributed by atoms with E-state index in [1.807, 2.05) is 0 Å². The zero-order valence-electron chi connectivity index (χ0n) is 9.00. The lowest BCUT2D eigenvalue weighted by molar-refractivity contribution is 0.118. The summed E-state index contributed by atoms with van der Waals surface area (Å²) in [5, 5.41) is 18.3. The van der Waals surface area contributed by atoms with E-state index in [4.69, 9.17) is 10.8 Å². The van der Waals surface area contributed by atoms with Crippen LogP contribution in [0.5, 0.6) is 0 Å². The summed E-state index contributed by atoms with van der Waals surface area (Å²) in [6, 6.07) is 0. The van der Waals surface area contributed by atoms with Gasteiger partial charge >= 0.3 is 0 Å². The Bertz CT molecular complexity index is 576. The molecule has 2 rings (SSSR count). The molecule has 0 fully saturated rings. The monoisotopic (exact) mass is 239 g/mol. The lowest BCUT2D eigenvalue weighted by Gasteiger charge is -2.09. The molecule has 2 aromatic heterocycles. The van der Waals surface area contributed by atoms with Gasteiger partial charge < -0.3 is 20.5 Å². The van der Waals surface area contributed by atoms with Crippen LogP contribution in [0.2, 0.25) is 0 Å². The van der Waals surface area contributed by atoms with Gasteiger partial charge in [-0.1, -0.05) is 0 Å². The van der Waals surface area contributed by atoms with E-state index < -0.39 is 11.7 Å². The molecule has 17 heavy (non-hydrogen) atoms. The number of nitrogens with zero attached hydrogens (tertiary/aromatic N) is 3. The van der Waals surface area contributed by atoms with Gasteiger partial charge in [0, 0.05) is 6.61 Å². The van der Waals surface area contributed by atoms with Crippen LogP contribution in [-0.2, 0) is 6.54 Å². The highest BCUT2D eigenvalue weighted by Gasteiger charge is 2.12. The van der Waals surface area contributed by atoms with Crippen LogP contribution in [-0.4, -0.2) is 42.4 Å². The maximum atomic E-state index is 11.5. The quantitative estimate of drug-likeness (QED) is 0.510. The van der Waals surface area contributed by atoms with Crippen molar-refractivity contribution in [3.05, 3.63) is 16.7 Å². The van der Waals surface area contributed by atoms with Crippen LogP contribution in [0.1, 0.15) is 6.42 Å². The second-order valence-corrected chi connectivity index (χ2v) is 3.69. The van der Waals surface area contributed by atoms with E-state index in [1.54, 1.807) is 0 Å². The molecule has 0 aliphatic carbocycles. The van der Waals surface area contributed by atoms with Gasteiger partial charge in [-0.2, -0.15) is 4.98 Å². The van der Waals surface area contributed by atoms with E-state index in [2.05, 4.69) is 15.0 Å². The first-order valence-corrected chi connectivity index (χ1v) is 5.11. The van der Waals surface area contributed by atoms with Crippen LogP contribution in [0.25, 0.3) is 11.2 Å². The number of imidazole rings is 1. The van der Waals surface area contributed by atoms with Crippen molar-refractivity contribution < 1.29 is 10.2 Å². The van der Waals surface area contributed by atoms with E-state index >= 15 is 0 Å². The van der Waals surface area contributed by atoms with Crippen molar-refractivity contribution in [1.29, 1.82) is 0 Å². The number of aliphatic hydroxyl groups is 2. The number of aliphatic hydroxyl groups excluding tert-OH is 2. The number of nitrogens with two attached hydrogens (primary N) is 1. The molecule has 92 valence electrons. The standard InChI is InChI=1S/C9H13N5O3/c10-9-12-7-6(8(17)13-9)11-4-14(7)3-5(16)1-2-15/h4-5,15-16H,1-3H2,(H3,10,12,13,17)/t5-/m0/s1. The highest BCUT2D eigenvalue weighted by molar-refractivity contribution is 5.70. The maximum absolute atomic E-state index is 11.5. The van der Waals surface area contributed by atoms with Crippen molar-refractivity contribution in [3.63, 3.8) is 0 Å². The summed E-state index contributed by atoms with van der Waals surface area (Å²) in [6.45, 7) is 0.0941. The van der Waals surface area contributed by atoms with Crippen molar-refractivity contribution in [2.75, 3.05) is 12.3 Å².